The molecule has 2 N–H and O–H groups in total. The maximum atomic E-state index is 11.7. The van der Waals surface area contributed by atoms with Crippen molar-refractivity contribution in [2.45, 2.75) is 6.92 Å². The molecule has 1 aromatic heterocycles. The third-order valence-corrected chi connectivity index (χ3v) is 3.59. The highest BCUT2D eigenvalue weighted by molar-refractivity contribution is 7.15. The van der Waals surface area contributed by atoms with Gasteiger partial charge in [0.05, 0.1) is 10.0 Å². The average molecular weight is 302 g/mol. The fourth-order valence-corrected chi connectivity index (χ4v) is 2.20. The first-order chi connectivity index (χ1) is 8.54. The fraction of sp³-hybridized carbons (Fsp3) is 0.0909. The summed E-state index contributed by atoms with van der Waals surface area (Å²) in [6, 6.07) is 4.49. The molecule has 0 saturated heterocycles. The van der Waals surface area contributed by atoms with Crippen LogP contribution in [0.25, 0.3) is 0 Å². The topological polar surface area (TPSA) is 54.0 Å². The van der Waals surface area contributed by atoms with Crippen LogP contribution in [0, 0.1) is 6.92 Å². The van der Waals surface area contributed by atoms with Gasteiger partial charge in [-0.1, -0.05) is 23.2 Å². The monoisotopic (exact) mass is 301 g/mol. The molecule has 0 unspecified atom stereocenters. The van der Waals surface area contributed by atoms with E-state index in [2.05, 4.69) is 15.6 Å². The van der Waals surface area contributed by atoms with Gasteiger partial charge in [0.1, 0.15) is 0 Å². The minimum Gasteiger partial charge on any atom is -0.308 e. The van der Waals surface area contributed by atoms with Crippen LogP contribution in [0.2, 0.25) is 10.0 Å². The Morgan fingerprint density at radius 1 is 1.28 bits per heavy atom. The lowest BCUT2D eigenvalue weighted by atomic mass is 10.3. The molecule has 0 fully saturated rings. The van der Waals surface area contributed by atoms with E-state index in [1.54, 1.807) is 24.4 Å². The van der Waals surface area contributed by atoms with Crippen molar-refractivity contribution in [3.63, 3.8) is 0 Å². The SMILES string of the molecule is Cc1cnc(NC(=O)Nc2ccc(Cl)c(Cl)c2)s1. The van der Waals surface area contributed by atoms with Gasteiger partial charge in [0.2, 0.25) is 0 Å². The zero-order valence-electron chi connectivity index (χ0n) is 9.33. The van der Waals surface area contributed by atoms with Crippen LogP contribution in [-0.4, -0.2) is 11.0 Å². The number of anilines is 2. The van der Waals surface area contributed by atoms with Crippen molar-refractivity contribution in [2.24, 2.45) is 0 Å². The van der Waals surface area contributed by atoms with Crippen LogP contribution in [0.5, 0.6) is 0 Å². The number of benzene rings is 1. The second kappa shape index (κ2) is 5.56. The fourth-order valence-electron chi connectivity index (χ4n) is 1.25. The maximum Gasteiger partial charge on any atom is 0.325 e. The number of carbonyl (C=O) groups excluding carboxylic acids is 1. The second-order valence-electron chi connectivity index (χ2n) is 3.48. The van der Waals surface area contributed by atoms with Gasteiger partial charge < -0.3 is 5.32 Å². The number of rotatable bonds is 2. The predicted octanol–water partition coefficient (Wildman–Crippen LogP) is 4.40. The number of thiazole rings is 1. The van der Waals surface area contributed by atoms with E-state index in [4.69, 9.17) is 23.2 Å². The van der Waals surface area contributed by atoms with Crippen LogP contribution in [0.4, 0.5) is 15.6 Å². The van der Waals surface area contributed by atoms with Crippen molar-refractivity contribution < 1.29 is 4.79 Å². The molecule has 2 aromatic rings. The molecule has 0 spiro atoms. The lowest BCUT2D eigenvalue weighted by Crippen LogP contribution is -2.19. The van der Waals surface area contributed by atoms with Gasteiger partial charge >= 0.3 is 6.03 Å². The largest absolute Gasteiger partial charge is 0.325 e. The van der Waals surface area contributed by atoms with Crippen LogP contribution in [0.15, 0.2) is 24.4 Å². The number of nitrogens with one attached hydrogen (secondary N) is 2. The van der Waals surface area contributed by atoms with Crippen molar-refractivity contribution >= 4 is 51.4 Å². The van der Waals surface area contributed by atoms with E-state index in [0.717, 1.165) is 4.88 Å². The van der Waals surface area contributed by atoms with Gasteiger partial charge in [0.15, 0.2) is 5.13 Å². The Labute approximate surface area is 118 Å². The predicted molar refractivity (Wildman–Crippen MR) is 76.0 cm³/mol. The molecule has 2 rings (SSSR count). The highest BCUT2D eigenvalue weighted by Crippen LogP contribution is 2.25. The third-order valence-electron chi connectivity index (χ3n) is 2.02. The van der Waals surface area contributed by atoms with Gasteiger partial charge in [0, 0.05) is 16.8 Å². The van der Waals surface area contributed by atoms with E-state index >= 15 is 0 Å². The van der Waals surface area contributed by atoms with Gasteiger partial charge in [-0.2, -0.15) is 0 Å². The number of halogens is 2. The average Bonchev–Trinajstić information content (AvgIpc) is 2.69. The molecule has 0 atom stereocenters. The zero-order valence-corrected chi connectivity index (χ0v) is 11.7. The summed E-state index contributed by atoms with van der Waals surface area (Å²) >= 11 is 13.0. The molecule has 94 valence electrons. The molecule has 18 heavy (non-hydrogen) atoms. The molecule has 1 heterocycles. The van der Waals surface area contributed by atoms with Crippen molar-refractivity contribution in [2.75, 3.05) is 10.6 Å². The van der Waals surface area contributed by atoms with Gasteiger partial charge in [0.25, 0.3) is 0 Å². The Morgan fingerprint density at radius 2 is 2.06 bits per heavy atom. The smallest absolute Gasteiger partial charge is 0.308 e. The van der Waals surface area contributed by atoms with Gasteiger partial charge in [-0.25, -0.2) is 9.78 Å². The van der Waals surface area contributed by atoms with Crippen LogP contribution in [-0.2, 0) is 0 Å². The second-order valence-corrected chi connectivity index (χ2v) is 5.53. The van der Waals surface area contributed by atoms with Gasteiger partial charge in [-0.05, 0) is 25.1 Å². The molecule has 0 saturated carbocycles. The number of hydrogen-bond acceptors (Lipinski definition) is 3. The van der Waals surface area contributed by atoms with Crippen molar-refractivity contribution in [3.05, 3.63) is 39.3 Å². The summed E-state index contributed by atoms with van der Waals surface area (Å²) < 4.78 is 0. The minimum atomic E-state index is -0.372. The summed E-state index contributed by atoms with van der Waals surface area (Å²) in [5.41, 5.74) is 0.565. The van der Waals surface area contributed by atoms with Crippen LogP contribution in [0.3, 0.4) is 0 Å². The summed E-state index contributed by atoms with van der Waals surface area (Å²) in [6.07, 6.45) is 1.69. The third kappa shape index (κ3) is 3.35. The molecule has 2 amide bonds. The highest BCUT2D eigenvalue weighted by Gasteiger charge is 2.06. The van der Waals surface area contributed by atoms with E-state index in [0.29, 0.717) is 20.9 Å². The number of hydrogen-bond donors (Lipinski definition) is 2. The minimum absolute atomic E-state index is 0.372. The standard InChI is InChI=1S/C11H9Cl2N3OS/c1-6-5-14-11(18-6)16-10(17)15-7-2-3-8(12)9(13)4-7/h2-5H,1H3,(H2,14,15,16,17). The Balaban J connectivity index is 2.00. The van der Waals surface area contributed by atoms with Gasteiger partial charge in [-0.3, -0.25) is 5.32 Å². The Morgan fingerprint density at radius 3 is 2.67 bits per heavy atom. The molecule has 0 bridgehead atoms. The summed E-state index contributed by atoms with van der Waals surface area (Å²) in [5.74, 6) is 0. The number of amides is 2. The lowest BCUT2D eigenvalue weighted by Gasteiger charge is -2.06. The van der Waals surface area contributed by atoms with E-state index < -0.39 is 0 Å². The molecular formula is C11H9Cl2N3OS. The Kier molecular flexibility index (Phi) is 4.06. The van der Waals surface area contributed by atoms with Crippen molar-refractivity contribution in [1.29, 1.82) is 0 Å². The molecule has 4 nitrogen and oxygen atoms in total. The van der Waals surface area contributed by atoms with E-state index in [9.17, 15) is 4.79 Å². The molecule has 0 aliphatic carbocycles. The number of nitrogens with zero attached hydrogens (tertiary/aromatic N) is 1. The van der Waals surface area contributed by atoms with Crippen molar-refractivity contribution in [3.8, 4) is 0 Å². The molecule has 1 aromatic carbocycles. The number of aryl methyl sites for hydroxylation is 1. The van der Waals surface area contributed by atoms with Crippen LogP contribution < -0.4 is 10.6 Å². The van der Waals surface area contributed by atoms with Crippen LogP contribution in [0.1, 0.15) is 4.88 Å². The number of carbonyl (C=O) groups is 1. The van der Waals surface area contributed by atoms with E-state index in [1.807, 2.05) is 6.92 Å². The first-order valence-corrected chi connectivity index (χ1v) is 6.57. The molecule has 0 aliphatic rings. The van der Waals surface area contributed by atoms with Crippen molar-refractivity contribution in [1.82, 2.24) is 4.98 Å². The van der Waals surface area contributed by atoms with Crippen LogP contribution >= 0.6 is 34.5 Å². The zero-order chi connectivity index (χ0) is 13.1. The quantitative estimate of drug-likeness (QED) is 0.863. The first kappa shape index (κ1) is 13.1. The summed E-state index contributed by atoms with van der Waals surface area (Å²) in [6.45, 7) is 1.92. The summed E-state index contributed by atoms with van der Waals surface area (Å²) in [5, 5.41) is 6.65. The Bertz CT molecular complexity index is 585. The molecular weight excluding hydrogens is 293 g/mol. The van der Waals surface area contributed by atoms with E-state index in [-0.39, 0.29) is 6.03 Å². The Hall–Kier alpha value is -1.30. The lowest BCUT2D eigenvalue weighted by molar-refractivity contribution is 0.262. The molecule has 0 aliphatic heterocycles. The molecule has 0 radical (unpaired) electrons. The van der Waals surface area contributed by atoms with Gasteiger partial charge in [-0.15, -0.1) is 11.3 Å². The molecule has 7 heteroatoms. The summed E-state index contributed by atoms with van der Waals surface area (Å²) in [4.78, 5) is 16.7. The normalized spacial score (nSPS) is 10.2. The summed E-state index contributed by atoms with van der Waals surface area (Å²) in [7, 11) is 0. The number of urea groups is 1. The maximum absolute atomic E-state index is 11.7. The first-order valence-electron chi connectivity index (χ1n) is 5.00. The highest BCUT2D eigenvalue weighted by atomic mass is 35.5. The number of aromatic nitrogens is 1. The van der Waals surface area contributed by atoms with E-state index in [1.165, 1.54) is 11.3 Å².